The van der Waals surface area contributed by atoms with Crippen LogP contribution in [0.4, 0.5) is 0 Å². The molecule has 39 heavy (non-hydrogen) atoms. The molecular weight excluding hydrogens is 490 g/mol. The van der Waals surface area contributed by atoms with Gasteiger partial charge in [-0.15, -0.1) is 11.3 Å². The van der Waals surface area contributed by atoms with E-state index in [4.69, 9.17) is 0 Å². The third-order valence-electron chi connectivity index (χ3n) is 7.77. The number of hydrogen-bond donors (Lipinski definition) is 0. The summed E-state index contributed by atoms with van der Waals surface area (Å²) in [7, 11) is 0. The highest BCUT2D eigenvalue weighted by molar-refractivity contribution is 7.12. The second-order valence-corrected chi connectivity index (χ2v) is 11.4. The fraction of sp³-hybridized carbons (Fsp3) is 0.0811. The Hall–Kier alpha value is -4.40. The minimum absolute atomic E-state index is 1.12. The van der Waals surface area contributed by atoms with Crippen molar-refractivity contribution in [1.29, 1.82) is 0 Å². The van der Waals surface area contributed by atoms with Crippen LogP contribution in [-0.2, 0) is 6.42 Å². The molecule has 2 heterocycles. The molecule has 1 aliphatic carbocycles. The average molecular weight is 520 g/mol. The minimum atomic E-state index is 1.12. The van der Waals surface area contributed by atoms with Crippen molar-refractivity contribution in [2.24, 2.45) is 0 Å². The topological polar surface area (TPSA) is 4.93 Å². The van der Waals surface area contributed by atoms with Gasteiger partial charge in [0.05, 0.1) is 16.7 Å². The van der Waals surface area contributed by atoms with Gasteiger partial charge >= 0.3 is 0 Å². The minimum Gasteiger partial charge on any atom is -0.309 e. The Morgan fingerprint density at radius 2 is 1.36 bits per heavy atom. The van der Waals surface area contributed by atoms with Crippen LogP contribution in [0.25, 0.3) is 55.8 Å². The van der Waals surface area contributed by atoms with Crippen molar-refractivity contribution < 1.29 is 0 Å². The van der Waals surface area contributed by atoms with Crippen LogP contribution in [0, 0.1) is 6.92 Å². The first kappa shape index (κ1) is 23.7. The normalized spacial score (nSPS) is 13.2. The zero-order valence-electron chi connectivity index (χ0n) is 22.0. The first-order valence-electron chi connectivity index (χ1n) is 13.5. The molecule has 0 radical (unpaired) electrons. The summed E-state index contributed by atoms with van der Waals surface area (Å²) in [6, 6.07) is 35.1. The first-order chi connectivity index (χ1) is 19.2. The van der Waals surface area contributed by atoms with Crippen LogP contribution in [-0.4, -0.2) is 4.57 Å². The quantitative estimate of drug-likeness (QED) is 0.200. The van der Waals surface area contributed by atoms with Crippen molar-refractivity contribution in [2.45, 2.75) is 19.8 Å². The lowest BCUT2D eigenvalue weighted by Gasteiger charge is -2.16. The average Bonchev–Trinajstić information content (AvgIpc) is 3.50. The van der Waals surface area contributed by atoms with Gasteiger partial charge in [0, 0.05) is 26.1 Å². The molecule has 1 aliphatic rings. The van der Waals surface area contributed by atoms with E-state index in [1.807, 2.05) is 17.4 Å². The van der Waals surface area contributed by atoms with Gasteiger partial charge in [0.15, 0.2) is 0 Å². The molecule has 0 aliphatic heterocycles. The van der Waals surface area contributed by atoms with Gasteiger partial charge in [-0.25, -0.2) is 0 Å². The molecule has 0 bridgehead atoms. The highest BCUT2D eigenvalue weighted by Crippen LogP contribution is 2.42. The molecule has 4 aromatic carbocycles. The molecule has 0 saturated heterocycles. The molecule has 0 unspecified atom stereocenters. The molecular formula is C37H29NS. The number of thiophene rings is 1. The molecule has 2 heteroatoms. The Kier molecular flexibility index (Phi) is 5.91. The van der Waals surface area contributed by atoms with Gasteiger partial charge in [0.1, 0.15) is 0 Å². The summed E-state index contributed by atoms with van der Waals surface area (Å²) in [5.41, 5.74) is 11.2. The fourth-order valence-corrected chi connectivity index (χ4v) is 7.19. The second-order valence-electron chi connectivity index (χ2n) is 10.1. The third kappa shape index (κ3) is 4.00. The maximum atomic E-state index is 4.13. The number of aromatic nitrogens is 1. The predicted octanol–water partition coefficient (Wildman–Crippen LogP) is 10.5. The van der Waals surface area contributed by atoms with Gasteiger partial charge in [-0.1, -0.05) is 97.6 Å². The molecule has 0 fully saturated rings. The Morgan fingerprint density at radius 1 is 0.769 bits per heavy atom. The van der Waals surface area contributed by atoms with Crippen LogP contribution in [0.3, 0.4) is 0 Å². The fourth-order valence-electron chi connectivity index (χ4n) is 6.00. The van der Waals surface area contributed by atoms with Crippen molar-refractivity contribution in [3.05, 3.63) is 143 Å². The van der Waals surface area contributed by atoms with Gasteiger partial charge in [-0.05, 0) is 77.9 Å². The van der Waals surface area contributed by atoms with Crippen LogP contribution in [0.5, 0.6) is 0 Å². The molecule has 188 valence electrons. The summed E-state index contributed by atoms with van der Waals surface area (Å²) in [5.74, 6) is 0. The molecule has 7 rings (SSSR count). The number of hydrogen-bond acceptors (Lipinski definition) is 1. The van der Waals surface area contributed by atoms with Gasteiger partial charge < -0.3 is 4.57 Å². The lowest BCUT2D eigenvalue weighted by atomic mass is 9.98. The van der Waals surface area contributed by atoms with Crippen LogP contribution in [0.1, 0.15) is 27.3 Å². The van der Waals surface area contributed by atoms with Gasteiger partial charge in [-0.2, -0.15) is 0 Å². The van der Waals surface area contributed by atoms with E-state index in [-0.39, 0.29) is 0 Å². The Bertz CT molecular complexity index is 1820. The monoisotopic (exact) mass is 519 g/mol. The maximum Gasteiger partial charge on any atom is 0.0551 e. The lowest BCUT2D eigenvalue weighted by Crippen LogP contribution is -2.02. The summed E-state index contributed by atoms with van der Waals surface area (Å²) in [5, 5.41) is 2.52. The van der Waals surface area contributed by atoms with E-state index in [0.717, 1.165) is 12.8 Å². The summed E-state index contributed by atoms with van der Waals surface area (Å²) in [4.78, 5) is 2.84. The van der Waals surface area contributed by atoms with Gasteiger partial charge in [0.2, 0.25) is 0 Å². The van der Waals surface area contributed by atoms with Gasteiger partial charge in [0.25, 0.3) is 0 Å². The van der Waals surface area contributed by atoms with Crippen LogP contribution >= 0.6 is 11.3 Å². The Balaban J connectivity index is 1.55. The van der Waals surface area contributed by atoms with E-state index in [0.29, 0.717) is 0 Å². The first-order valence-corrected chi connectivity index (χ1v) is 14.4. The zero-order valence-corrected chi connectivity index (χ0v) is 22.8. The van der Waals surface area contributed by atoms with Crippen LogP contribution in [0.2, 0.25) is 0 Å². The molecule has 0 spiro atoms. The van der Waals surface area contributed by atoms with E-state index in [1.54, 1.807) is 0 Å². The third-order valence-corrected chi connectivity index (χ3v) is 8.95. The number of allylic oxidation sites excluding steroid dienone is 3. The largest absolute Gasteiger partial charge is 0.309 e. The molecule has 6 aromatic rings. The summed E-state index contributed by atoms with van der Waals surface area (Å²) >= 11 is 1.94. The van der Waals surface area contributed by atoms with E-state index in [1.165, 1.54) is 70.6 Å². The highest BCUT2D eigenvalue weighted by Gasteiger charge is 2.23. The maximum absolute atomic E-state index is 4.13. The number of rotatable bonds is 5. The van der Waals surface area contributed by atoms with Crippen LogP contribution < -0.4 is 0 Å². The Morgan fingerprint density at radius 3 is 1.92 bits per heavy atom. The number of aryl methyl sites for hydroxylation is 2. The number of nitrogens with zero attached hydrogens (tertiary/aromatic N) is 1. The molecule has 0 saturated carbocycles. The number of fused-ring (bicyclic) bond motifs is 4. The summed E-state index contributed by atoms with van der Waals surface area (Å²) in [6.45, 7) is 6.39. The smallest absolute Gasteiger partial charge is 0.0551 e. The van der Waals surface area contributed by atoms with E-state index in [9.17, 15) is 0 Å². The summed E-state index contributed by atoms with van der Waals surface area (Å²) in [6.07, 6.45) is 11.0. The van der Waals surface area contributed by atoms with E-state index in [2.05, 4.69) is 133 Å². The predicted molar refractivity (Wildman–Crippen MR) is 170 cm³/mol. The van der Waals surface area contributed by atoms with E-state index < -0.39 is 0 Å². The van der Waals surface area contributed by atoms with Gasteiger partial charge in [-0.3, -0.25) is 0 Å². The van der Waals surface area contributed by atoms with Crippen molar-refractivity contribution in [2.75, 3.05) is 0 Å². The molecule has 0 amide bonds. The van der Waals surface area contributed by atoms with Crippen molar-refractivity contribution >= 4 is 44.9 Å². The summed E-state index contributed by atoms with van der Waals surface area (Å²) < 4.78 is 2.45. The van der Waals surface area contributed by atoms with E-state index >= 15 is 0 Å². The lowest BCUT2D eigenvalue weighted by molar-refractivity contribution is 1.01. The van der Waals surface area contributed by atoms with Crippen molar-refractivity contribution in [1.82, 2.24) is 4.57 Å². The molecule has 1 nitrogen and oxygen atoms in total. The molecule has 0 N–H and O–H groups in total. The van der Waals surface area contributed by atoms with Crippen LogP contribution in [0.15, 0.2) is 122 Å². The SMILES string of the molecule is C=C/C=C(\c1c(C)sc2c1C=CCC2)n1c2ccc(-c3ccccc3)cc2c2cc(-c3ccccc3)ccc21. The number of benzene rings is 4. The highest BCUT2D eigenvalue weighted by atomic mass is 32.1. The standard InChI is InChI=1S/C37H29NS/c1-3-12-35(37-25(2)39-36-18-11-10-17-30(36)37)38-33-21-19-28(26-13-6-4-7-14-26)23-31(33)32-24-29(20-22-34(32)38)27-15-8-5-9-16-27/h3-10,12-17,19-24H,1,11,18H2,2H3/b35-12+. The zero-order chi connectivity index (χ0) is 26.3. The Labute approximate surface area is 233 Å². The molecule has 2 aromatic heterocycles. The molecule has 0 atom stereocenters. The van der Waals surface area contributed by atoms with Crippen molar-refractivity contribution in [3.63, 3.8) is 0 Å². The van der Waals surface area contributed by atoms with Crippen molar-refractivity contribution in [3.8, 4) is 22.3 Å². The second kappa shape index (κ2) is 9.72.